The number of sulfonamides is 1. The standard InChI is InChI=1S/C25H31ClN4O4S/c1-35(33,34)28-22-6-3-2-5-21(22)19-11-15-29(16-12-19)24(31)23(27-25(32)30-13-4-14-30)17-18-7-9-20(26)10-8-18/h2-3,5-10,19,23,28H,4,11-17H2,1H3,(H,27,32). The van der Waals surface area contributed by atoms with Crippen molar-refractivity contribution in [1.82, 2.24) is 15.1 Å². The molecule has 2 aromatic carbocycles. The van der Waals surface area contributed by atoms with Crippen molar-refractivity contribution in [1.29, 1.82) is 0 Å². The van der Waals surface area contributed by atoms with Crippen LogP contribution < -0.4 is 10.0 Å². The van der Waals surface area contributed by atoms with Crippen LogP contribution >= 0.6 is 11.6 Å². The summed E-state index contributed by atoms with van der Waals surface area (Å²) < 4.78 is 26.2. The number of hydrogen-bond acceptors (Lipinski definition) is 4. The first-order chi connectivity index (χ1) is 16.7. The lowest BCUT2D eigenvalue weighted by Crippen LogP contribution is -2.56. The number of likely N-dealkylation sites (tertiary alicyclic amines) is 2. The maximum absolute atomic E-state index is 13.5. The van der Waals surface area contributed by atoms with Crippen molar-refractivity contribution in [3.63, 3.8) is 0 Å². The first-order valence-corrected chi connectivity index (χ1v) is 14.1. The fourth-order valence-electron chi connectivity index (χ4n) is 4.59. The monoisotopic (exact) mass is 518 g/mol. The molecule has 188 valence electrons. The van der Waals surface area contributed by atoms with E-state index in [2.05, 4.69) is 10.0 Å². The van der Waals surface area contributed by atoms with Gasteiger partial charge in [0.05, 0.1) is 11.9 Å². The molecule has 2 aromatic rings. The molecule has 8 nitrogen and oxygen atoms in total. The van der Waals surface area contributed by atoms with Gasteiger partial charge in [0, 0.05) is 37.6 Å². The highest BCUT2D eigenvalue weighted by Gasteiger charge is 2.32. The predicted molar refractivity (Wildman–Crippen MR) is 137 cm³/mol. The summed E-state index contributed by atoms with van der Waals surface area (Å²) in [6.45, 7) is 2.49. The van der Waals surface area contributed by atoms with Crippen LogP contribution in [0.2, 0.25) is 5.02 Å². The van der Waals surface area contributed by atoms with Gasteiger partial charge in [-0.1, -0.05) is 41.9 Å². The lowest BCUT2D eigenvalue weighted by atomic mass is 9.88. The Labute approximate surface area is 211 Å². The van der Waals surface area contributed by atoms with Gasteiger partial charge in [-0.25, -0.2) is 13.2 Å². The SMILES string of the molecule is CS(=O)(=O)Nc1ccccc1C1CCN(C(=O)C(Cc2ccc(Cl)cc2)NC(=O)N2CCC2)CC1. The van der Waals surface area contributed by atoms with Gasteiger partial charge in [0.15, 0.2) is 0 Å². The van der Waals surface area contributed by atoms with Gasteiger partial charge in [-0.2, -0.15) is 0 Å². The van der Waals surface area contributed by atoms with E-state index < -0.39 is 16.1 Å². The molecule has 1 atom stereocenters. The van der Waals surface area contributed by atoms with Gasteiger partial charge in [-0.05, 0) is 54.5 Å². The number of benzene rings is 2. The van der Waals surface area contributed by atoms with Crippen LogP contribution in [0.1, 0.15) is 36.3 Å². The number of nitrogens with one attached hydrogen (secondary N) is 2. The van der Waals surface area contributed by atoms with Crippen LogP contribution in [0.5, 0.6) is 0 Å². The van der Waals surface area contributed by atoms with E-state index in [1.807, 2.05) is 24.3 Å². The Morgan fingerprint density at radius 1 is 1.00 bits per heavy atom. The van der Waals surface area contributed by atoms with Gasteiger partial charge in [0.25, 0.3) is 0 Å². The molecule has 2 fully saturated rings. The van der Waals surface area contributed by atoms with Crippen LogP contribution in [0, 0.1) is 0 Å². The van der Waals surface area contributed by atoms with Crippen LogP contribution in [0.25, 0.3) is 0 Å². The summed E-state index contributed by atoms with van der Waals surface area (Å²) in [4.78, 5) is 29.6. The minimum atomic E-state index is -3.39. The molecular formula is C25H31ClN4O4S. The second-order valence-corrected chi connectivity index (χ2v) is 11.4. The molecule has 0 spiro atoms. The number of urea groups is 1. The molecule has 2 aliphatic rings. The lowest BCUT2D eigenvalue weighted by Gasteiger charge is -2.37. The molecule has 10 heteroatoms. The van der Waals surface area contributed by atoms with Crippen molar-refractivity contribution in [2.75, 3.05) is 37.2 Å². The summed E-state index contributed by atoms with van der Waals surface area (Å²) in [7, 11) is -3.39. The summed E-state index contributed by atoms with van der Waals surface area (Å²) in [6.07, 6.45) is 3.92. The van der Waals surface area contributed by atoms with Crippen molar-refractivity contribution in [2.45, 2.75) is 37.6 Å². The molecule has 2 aliphatic heterocycles. The van der Waals surface area contributed by atoms with Gasteiger partial charge in [-0.15, -0.1) is 0 Å². The average molecular weight is 519 g/mol. The van der Waals surface area contributed by atoms with E-state index in [0.29, 0.717) is 56.2 Å². The Bertz CT molecular complexity index is 1160. The smallest absolute Gasteiger partial charge is 0.318 e. The minimum Gasteiger partial charge on any atom is -0.341 e. The highest BCUT2D eigenvalue weighted by atomic mass is 35.5. The van der Waals surface area contributed by atoms with Crippen molar-refractivity contribution >= 4 is 39.2 Å². The zero-order valence-electron chi connectivity index (χ0n) is 19.7. The van der Waals surface area contributed by atoms with Gasteiger partial charge in [-0.3, -0.25) is 9.52 Å². The Morgan fingerprint density at radius 2 is 1.66 bits per heavy atom. The molecule has 0 aliphatic carbocycles. The third kappa shape index (κ3) is 6.67. The van der Waals surface area contributed by atoms with E-state index in [0.717, 1.165) is 23.8 Å². The topological polar surface area (TPSA) is 98.8 Å². The number of carbonyl (C=O) groups is 2. The summed E-state index contributed by atoms with van der Waals surface area (Å²) in [6, 6.07) is 13.8. The van der Waals surface area contributed by atoms with E-state index in [1.54, 1.807) is 34.1 Å². The first-order valence-electron chi connectivity index (χ1n) is 11.8. The van der Waals surface area contributed by atoms with Gasteiger partial charge >= 0.3 is 6.03 Å². The molecular weight excluding hydrogens is 488 g/mol. The predicted octanol–water partition coefficient (Wildman–Crippen LogP) is 3.44. The van der Waals surface area contributed by atoms with E-state index in [4.69, 9.17) is 11.6 Å². The van der Waals surface area contributed by atoms with Crippen LogP contribution in [0.4, 0.5) is 10.5 Å². The third-order valence-electron chi connectivity index (χ3n) is 6.59. The fourth-order valence-corrected chi connectivity index (χ4v) is 5.30. The quantitative estimate of drug-likeness (QED) is 0.586. The van der Waals surface area contributed by atoms with Gasteiger partial charge in [0.1, 0.15) is 6.04 Å². The van der Waals surface area contributed by atoms with Crippen molar-refractivity contribution < 1.29 is 18.0 Å². The van der Waals surface area contributed by atoms with Gasteiger partial charge in [0.2, 0.25) is 15.9 Å². The number of rotatable bonds is 7. The highest BCUT2D eigenvalue weighted by Crippen LogP contribution is 2.33. The van der Waals surface area contributed by atoms with Crippen molar-refractivity contribution in [3.05, 3.63) is 64.7 Å². The number of amides is 3. The second-order valence-electron chi connectivity index (χ2n) is 9.23. The number of hydrogen-bond donors (Lipinski definition) is 2. The van der Waals surface area contributed by atoms with E-state index in [-0.39, 0.29) is 17.9 Å². The number of para-hydroxylation sites is 1. The Hall–Kier alpha value is -2.78. The van der Waals surface area contributed by atoms with Crippen LogP contribution in [-0.2, 0) is 21.2 Å². The molecule has 0 radical (unpaired) electrons. The number of halogens is 1. The second kappa shape index (κ2) is 10.9. The maximum atomic E-state index is 13.5. The third-order valence-corrected chi connectivity index (χ3v) is 7.44. The molecule has 0 saturated carbocycles. The first kappa shape index (κ1) is 25.3. The fraction of sp³-hybridized carbons (Fsp3) is 0.440. The van der Waals surface area contributed by atoms with E-state index in [1.165, 1.54) is 0 Å². The molecule has 3 amide bonds. The van der Waals surface area contributed by atoms with Crippen LogP contribution in [-0.4, -0.2) is 68.6 Å². The average Bonchev–Trinajstić information content (AvgIpc) is 2.78. The normalized spacial score (nSPS) is 17.4. The number of nitrogens with zero attached hydrogens (tertiary/aromatic N) is 2. The summed E-state index contributed by atoms with van der Waals surface area (Å²) in [5.74, 6) is 0.0321. The summed E-state index contributed by atoms with van der Waals surface area (Å²) >= 11 is 6.01. The largest absolute Gasteiger partial charge is 0.341 e. The van der Waals surface area contributed by atoms with E-state index in [9.17, 15) is 18.0 Å². The molecule has 2 N–H and O–H groups in total. The minimum absolute atomic E-state index is 0.102. The van der Waals surface area contributed by atoms with Crippen LogP contribution in [0.3, 0.4) is 0 Å². The zero-order valence-corrected chi connectivity index (χ0v) is 21.3. The van der Waals surface area contributed by atoms with Gasteiger partial charge < -0.3 is 15.1 Å². The molecule has 4 rings (SSSR count). The van der Waals surface area contributed by atoms with E-state index >= 15 is 0 Å². The molecule has 35 heavy (non-hydrogen) atoms. The Morgan fingerprint density at radius 3 is 2.26 bits per heavy atom. The summed E-state index contributed by atoms with van der Waals surface area (Å²) in [5, 5.41) is 3.56. The number of carbonyl (C=O) groups excluding carboxylic acids is 2. The molecule has 2 heterocycles. The Kier molecular flexibility index (Phi) is 7.86. The van der Waals surface area contributed by atoms with Crippen molar-refractivity contribution in [3.8, 4) is 0 Å². The molecule has 2 saturated heterocycles. The van der Waals surface area contributed by atoms with Crippen LogP contribution in [0.15, 0.2) is 48.5 Å². The molecule has 0 bridgehead atoms. The van der Waals surface area contributed by atoms with Crippen molar-refractivity contribution in [2.24, 2.45) is 0 Å². The maximum Gasteiger partial charge on any atom is 0.318 e. The number of piperidine rings is 1. The molecule has 1 unspecified atom stereocenters. The lowest BCUT2D eigenvalue weighted by molar-refractivity contribution is -0.134. The summed E-state index contributed by atoms with van der Waals surface area (Å²) in [5.41, 5.74) is 2.45. The number of anilines is 1. The molecule has 0 aromatic heterocycles. The zero-order chi connectivity index (χ0) is 25.0. The Balaban J connectivity index is 1.44. The highest BCUT2D eigenvalue weighted by molar-refractivity contribution is 7.92.